The second kappa shape index (κ2) is 8.97. The van der Waals surface area contributed by atoms with Crippen molar-refractivity contribution in [2.24, 2.45) is 0 Å². The van der Waals surface area contributed by atoms with Crippen LogP contribution in [0.15, 0.2) is 42.5 Å². The fourth-order valence-electron chi connectivity index (χ4n) is 2.24. The Morgan fingerprint density at radius 1 is 1.04 bits per heavy atom. The second-order valence-electron chi connectivity index (χ2n) is 6.15. The molecule has 2 N–H and O–H groups in total. The van der Waals surface area contributed by atoms with E-state index in [1.54, 1.807) is 24.1 Å². The molecule has 2 rings (SSSR count). The van der Waals surface area contributed by atoms with E-state index in [1.807, 2.05) is 12.1 Å². The van der Waals surface area contributed by atoms with E-state index in [4.69, 9.17) is 0 Å². The molecule has 2 aromatic carbocycles. The molecule has 2 aromatic rings. The minimum atomic E-state index is -0.777. The van der Waals surface area contributed by atoms with Crippen molar-refractivity contribution in [1.82, 2.24) is 4.72 Å². The van der Waals surface area contributed by atoms with Crippen molar-refractivity contribution >= 4 is 23.5 Å². The Labute approximate surface area is 151 Å². The Morgan fingerprint density at radius 2 is 1.64 bits per heavy atom. The lowest BCUT2D eigenvalue weighted by Crippen LogP contribution is -2.15. The Balaban J connectivity index is 1.96. The highest BCUT2D eigenvalue weighted by atomic mass is 32.2. The van der Waals surface area contributed by atoms with E-state index >= 15 is 0 Å². The molecule has 134 valence electrons. The van der Waals surface area contributed by atoms with Crippen LogP contribution in [0.5, 0.6) is 0 Å². The molecule has 25 heavy (non-hydrogen) atoms. The number of halogens is 2. The van der Waals surface area contributed by atoms with E-state index in [0.29, 0.717) is 16.9 Å². The first kappa shape index (κ1) is 19.4. The first-order chi connectivity index (χ1) is 11.8. The van der Waals surface area contributed by atoms with Crippen LogP contribution < -0.4 is 10.0 Å². The van der Waals surface area contributed by atoms with Crippen molar-refractivity contribution in [3.05, 3.63) is 65.2 Å². The van der Waals surface area contributed by atoms with Gasteiger partial charge in [-0.1, -0.05) is 44.9 Å². The van der Waals surface area contributed by atoms with Gasteiger partial charge in [-0.05, 0) is 35.7 Å². The van der Waals surface area contributed by atoms with Gasteiger partial charge in [0.25, 0.3) is 5.91 Å². The zero-order valence-electron chi connectivity index (χ0n) is 14.5. The molecule has 0 fully saturated rings. The van der Waals surface area contributed by atoms with Gasteiger partial charge in [0.15, 0.2) is 0 Å². The maximum atomic E-state index is 13.2. The summed E-state index contributed by atoms with van der Waals surface area (Å²) in [6, 6.07) is 10.2. The number of anilines is 1. The molecule has 1 amide bonds. The smallest absolute Gasteiger partial charge is 0.255 e. The van der Waals surface area contributed by atoms with Crippen LogP contribution in [0, 0.1) is 11.6 Å². The summed E-state index contributed by atoms with van der Waals surface area (Å²) in [5.74, 6) is -1.77. The first-order valence-electron chi connectivity index (χ1n) is 8.11. The third-order valence-corrected chi connectivity index (χ3v) is 4.38. The number of nitrogens with one attached hydrogen (secondary N) is 2. The molecule has 3 nitrogen and oxygen atoms in total. The van der Waals surface area contributed by atoms with Crippen LogP contribution in [0.3, 0.4) is 0 Å². The maximum absolute atomic E-state index is 13.2. The molecule has 1 atom stereocenters. The number of hydrogen-bond acceptors (Lipinski definition) is 3. The molecular formula is C19H22F2N2OS. The molecule has 0 aliphatic heterocycles. The highest BCUT2D eigenvalue weighted by Gasteiger charge is 2.11. The van der Waals surface area contributed by atoms with E-state index in [-0.39, 0.29) is 5.56 Å². The Hall–Kier alpha value is -1.92. The lowest BCUT2D eigenvalue weighted by atomic mass is 10.0. The van der Waals surface area contributed by atoms with Gasteiger partial charge in [-0.2, -0.15) is 0 Å². The van der Waals surface area contributed by atoms with Crippen LogP contribution in [0.1, 0.15) is 42.6 Å². The van der Waals surface area contributed by atoms with Crippen LogP contribution in [0.4, 0.5) is 14.5 Å². The van der Waals surface area contributed by atoms with Gasteiger partial charge in [0.1, 0.15) is 11.6 Å². The second-order valence-corrected chi connectivity index (χ2v) is 7.62. The minimum Gasteiger partial charge on any atom is -0.322 e. The van der Waals surface area contributed by atoms with Crippen molar-refractivity contribution in [2.75, 3.05) is 11.9 Å². The van der Waals surface area contributed by atoms with E-state index in [1.165, 1.54) is 0 Å². The average Bonchev–Trinajstić information content (AvgIpc) is 2.54. The highest BCUT2D eigenvalue weighted by molar-refractivity contribution is 7.97. The number of benzene rings is 2. The minimum absolute atomic E-state index is 0.0511. The normalized spacial score (nSPS) is 12.2. The SMILES string of the molecule is CC(C)SNCC(C)c1ccc(NC(=O)c2cc(F)cc(F)c2)cc1. The number of hydrogen-bond donors (Lipinski definition) is 2. The largest absolute Gasteiger partial charge is 0.322 e. The van der Waals surface area contributed by atoms with Gasteiger partial charge in [0, 0.05) is 29.1 Å². The van der Waals surface area contributed by atoms with Crippen LogP contribution >= 0.6 is 11.9 Å². The monoisotopic (exact) mass is 364 g/mol. The Bertz CT molecular complexity index is 700. The summed E-state index contributed by atoms with van der Waals surface area (Å²) < 4.78 is 29.7. The Kier molecular flexibility index (Phi) is 6.96. The zero-order valence-corrected chi connectivity index (χ0v) is 15.3. The summed E-state index contributed by atoms with van der Waals surface area (Å²) in [4.78, 5) is 12.1. The topological polar surface area (TPSA) is 41.1 Å². The molecule has 1 unspecified atom stereocenters. The first-order valence-corrected chi connectivity index (χ1v) is 8.99. The molecule has 0 radical (unpaired) electrons. The summed E-state index contributed by atoms with van der Waals surface area (Å²) >= 11 is 1.70. The van der Waals surface area contributed by atoms with Crippen LogP contribution in [-0.4, -0.2) is 17.7 Å². The van der Waals surface area contributed by atoms with Crippen LogP contribution in [0.2, 0.25) is 0 Å². The van der Waals surface area contributed by atoms with Gasteiger partial charge in [-0.15, -0.1) is 0 Å². The van der Waals surface area contributed by atoms with Gasteiger partial charge >= 0.3 is 0 Å². The fourth-order valence-corrected chi connectivity index (χ4v) is 2.92. The molecule has 0 aliphatic rings. The van der Waals surface area contributed by atoms with Gasteiger partial charge in [0.05, 0.1) is 0 Å². The van der Waals surface area contributed by atoms with Crippen molar-refractivity contribution in [1.29, 1.82) is 0 Å². The number of carbonyl (C=O) groups excluding carboxylic acids is 1. The van der Waals surface area contributed by atoms with E-state index < -0.39 is 17.5 Å². The van der Waals surface area contributed by atoms with Gasteiger partial charge in [-0.3, -0.25) is 9.52 Å². The lowest BCUT2D eigenvalue weighted by Gasteiger charge is -2.14. The summed E-state index contributed by atoms with van der Waals surface area (Å²) in [6.07, 6.45) is 0. The molecule has 0 saturated carbocycles. The molecule has 0 aromatic heterocycles. The van der Waals surface area contributed by atoms with E-state index in [0.717, 1.165) is 30.3 Å². The van der Waals surface area contributed by atoms with Gasteiger partial charge in [0.2, 0.25) is 0 Å². The van der Waals surface area contributed by atoms with Crippen molar-refractivity contribution in [3.8, 4) is 0 Å². The molecule has 0 bridgehead atoms. The molecule has 0 heterocycles. The molecule has 0 saturated heterocycles. The third-order valence-electron chi connectivity index (χ3n) is 3.57. The van der Waals surface area contributed by atoms with Crippen LogP contribution in [0.25, 0.3) is 0 Å². The summed E-state index contributed by atoms with van der Waals surface area (Å²) in [5, 5.41) is 3.17. The molecule has 0 spiro atoms. The van der Waals surface area contributed by atoms with Gasteiger partial charge in [-0.25, -0.2) is 8.78 Å². The van der Waals surface area contributed by atoms with Crippen LogP contribution in [-0.2, 0) is 0 Å². The fraction of sp³-hybridized carbons (Fsp3) is 0.316. The highest BCUT2D eigenvalue weighted by Crippen LogP contribution is 2.19. The Morgan fingerprint density at radius 3 is 2.20 bits per heavy atom. The summed E-state index contributed by atoms with van der Waals surface area (Å²) in [7, 11) is 0. The molecular weight excluding hydrogens is 342 g/mol. The number of amides is 1. The quantitative estimate of drug-likeness (QED) is 0.682. The summed E-state index contributed by atoms with van der Waals surface area (Å²) in [6.45, 7) is 7.22. The predicted molar refractivity (Wildman–Crippen MR) is 99.9 cm³/mol. The number of rotatable bonds is 7. The van der Waals surface area contributed by atoms with Gasteiger partial charge < -0.3 is 5.32 Å². The average molecular weight is 364 g/mol. The lowest BCUT2D eigenvalue weighted by molar-refractivity contribution is 0.102. The van der Waals surface area contributed by atoms with Crippen molar-refractivity contribution < 1.29 is 13.6 Å². The van der Waals surface area contributed by atoms with E-state index in [9.17, 15) is 13.6 Å². The predicted octanol–water partition coefficient (Wildman–Crippen LogP) is 4.97. The van der Waals surface area contributed by atoms with E-state index in [2.05, 4.69) is 30.8 Å². The maximum Gasteiger partial charge on any atom is 0.255 e. The standard InChI is InChI=1S/C19H22F2N2OS/c1-12(2)25-22-11-13(3)14-4-6-18(7-5-14)23-19(24)15-8-16(20)10-17(21)9-15/h4-10,12-13,22H,11H2,1-3H3,(H,23,24). The van der Waals surface area contributed by atoms with Crippen molar-refractivity contribution in [3.63, 3.8) is 0 Å². The zero-order chi connectivity index (χ0) is 18.4. The summed E-state index contributed by atoms with van der Waals surface area (Å²) in [5.41, 5.74) is 1.67. The number of carbonyl (C=O) groups is 1. The molecule has 6 heteroatoms. The van der Waals surface area contributed by atoms with Crippen molar-refractivity contribution in [2.45, 2.75) is 31.9 Å². The molecule has 0 aliphatic carbocycles. The third kappa shape index (κ3) is 6.14.